The van der Waals surface area contributed by atoms with Crippen LogP contribution in [0.1, 0.15) is 12.8 Å². The van der Waals surface area contributed by atoms with E-state index < -0.39 is 0 Å². The fourth-order valence-corrected chi connectivity index (χ4v) is 3.55. The Kier molecular flexibility index (Phi) is 6.44. The first-order valence-corrected chi connectivity index (χ1v) is 9.39. The number of hydrogen-bond donors (Lipinski definition) is 3. The van der Waals surface area contributed by atoms with Crippen molar-refractivity contribution in [2.24, 2.45) is 0 Å². The fourth-order valence-electron chi connectivity index (χ4n) is 2.68. The summed E-state index contributed by atoms with van der Waals surface area (Å²) in [7, 11) is 0. The average Bonchev–Trinajstić information content (AvgIpc) is 2.64. The molecule has 3 rings (SSSR count). The first kappa shape index (κ1) is 17.9. The number of morpholine rings is 1. The van der Waals surface area contributed by atoms with Crippen molar-refractivity contribution < 1.29 is 9.47 Å². The van der Waals surface area contributed by atoms with E-state index >= 15 is 0 Å². The van der Waals surface area contributed by atoms with Gasteiger partial charge in [-0.3, -0.25) is 0 Å². The molecule has 1 heterocycles. The van der Waals surface area contributed by atoms with E-state index in [1.54, 1.807) is 11.8 Å². The molecule has 0 aromatic heterocycles. The molecule has 1 saturated heterocycles. The lowest BCUT2D eigenvalue weighted by atomic mass is 10.1. The minimum Gasteiger partial charge on any atom is -0.494 e. The second-order valence-electron chi connectivity index (χ2n) is 6.08. The highest BCUT2D eigenvalue weighted by Crippen LogP contribution is 2.31. The molecule has 25 heavy (non-hydrogen) atoms. The summed E-state index contributed by atoms with van der Waals surface area (Å²) in [6.07, 6.45) is 2.09. The van der Waals surface area contributed by atoms with Crippen LogP contribution in [0.3, 0.4) is 0 Å². The van der Waals surface area contributed by atoms with Crippen molar-refractivity contribution in [3.63, 3.8) is 0 Å². The molecule has 1 aliphatic heterocycles. The van der Waals surface area contributed by atoms with Crippen LogP contribution >= 0.6 is 11.8 Å². The van der Waals surface area contributed by atoms with Crippen molar-refractivity contribution in [1.82, 2.24) is 5.32 Å². The van der Waals surface area contributed by atoms with Crippen molar-refractivity contribution in [3.8, 4) is 5.75 Å². The third-order valence-electron chi connectivity index (χ3n) is 4.08. The molecular formula is C19H25N3O2S. The van der Waals surface area contributed by atoms with Gasteiger partial charge in [0.15, 0.2) is 0 Å². The summed E-state index contributed by atoms with van der Waals surface area (Å²) >= 11 is 1.65. The summed E-state index contributed by atoms with van der Waals surface area (Å²) in [5, 5.41) is 3.46. The van der Waals surface area contributed by atoms with Gasteiger partial charge in [-0.15, -0.1) is 0 Å². The lowest BCUT2D eigenvalue weighted by Crippen LogP contribution is -2.41. The number of nitrogen functional groups attached to an aromatic ring is 2. The molecule has 0 bridgehead atoms. The van der Waals surface area contributed by atoms with Gasteiger partial charge in [0.25, 0.3) is 0 Å². The summed E-state index contributed by atoms with van der Waals surface area (Å²) in [6.45, 7) is 3.30. The van der Waals surface area contributed by atoms with Crippen molar-refractivity contribution in [3.05, 3.63) is 42.5 Å². The van der Waals surface area contributed by atoms with E-state index in [0.717, 1.165) is 54.7 Å². The van der Waals surface area contributed by atoms with Gasteiger partial charge in [-0.2, -0.15) is 0 Å². The second-order valence-corrected chi connectivity index (χ2v) is 7.23. The van der Waals surface area contributed by atoms with Crippen molar-refractivity contribution in [2.45, 2.75) is 28.7 Å². The lowest BCUT2D eigenvalue weighted by molar-refractivity contribution is 0.0722. The smallest absolute Gasteiger partial charge is 0.119 e. The number of rotatable bonds is 7. The highest BCUT2D eigenvalue weighted by molar-refractivity contribution is 7.99. The van der Waals surface area contributed by atoms with Gasteiger partial charge in [0.2, 0.25) is 0 Å². The zero-order valence-electron chi connectivity index (χ0n) is 14.2. The number of hydrogen-bond acceptors (Lipinski definition) is 6. The minimum atomic E-state index is 0.462. The topological polar surface area (TPSA) is 82.5 Å². The number of nitrogens with two attached hydrogens (primary N) is 2. The van der Waals surface area contributed by atoms with E-state index in [1.807, 2.05) is 30.3 Å². The lowest BCUT2D eigenvalue weighted by Gasteiger charge is -2.23. The Morgan fingerprint density at radius 1 is 1.08 bits per heavy atom. The largest absolute Gasteiger partial charge is 0.494 e. The molecule has 0 aliphatic carbocycles. The van der Waals surface area contributed by atoms with Crippen molar-refractivity contribution >= 4 is 23.1 Å². The van der Waals surface area contributed by atoms with Gasteiger partial charge >= 0.3 is 0 Å². The van der Waals surface area contributed by atoms with E-state index in [4.69, 9.17) is 20.9 Å². The summed E-state index contributed by atoms with van der Waals surface area (Å²) in [6, 6.07) is 14.3. The van der Waals surface area contributed by atoms with Crippen LogP contribution in [0.15, 0.2) is 52.3 Å². The number of ether oxygens (including phenoxy) is 2. The van der Waals surface area contributed by atoms with Gasteiger partial charge in [-0.05, 0) is 55.3 Å². The maximum Gasteiger partial charge on any atom is 0.119 e. The second kappa shape index (κ2) is 8.99. The molecule has 0 amide bonds. The van der Waals surface area contributed by atoms with Crippen LogP contribution < -0.4 is 21.5 Å². The van der Waals surface area contributed by atoms with Crippen molar-refractivity contribution in [1.29, 1.82) is 0 Å². The first-order valence-electron chi connectivity index (χ1n) is 8.57. The Balaban J connectivity index is 1.42. The Bertz CT molecular complexity index is 673. The maximum atomic E-state index is 5.85. The van der Waals surface area contributed by atoms with Gasteiger partial charge in [-0.25, -0.2) is 0 Å². The molecule has 5 nitrogen and oxygen atoms in total. The first-order chi connectivity index (χ1) is 12.2. The average molecular weight is 359 g/mol. The third kappa shape index (κ3) is 5.56. The van der Waals surface area contributed by atoms with E-state index in [9.17, 15) is 0 Å². The zero-order valence-corrected chi connectivity index (χ0v) is 15.1. The van der Waals surface area contributed by atoms with Gasteiger partial charge in [0, 0.05) is 22.4 Å². The molecule has 1 atom stereocenters. The van der Waals surface area contributed by atoms with Crippen LogP contribution in [0.4, 0.5) is 11.4 Å². The van der Waals surface area contributed by atoms with Crippen molar-refractivity contribution in [2.75, 3.05) is 37.8 Å². The molecule has 0 saturated carbocycles. The van der Waals surface area contributed by atoms with Crippen LogP contribution in [0, 0.1) is 0 Å². The zero-order chi connectivity index (χ0) is 17.5. The van der Waals surface area contributed by atoms with E-state index in [0.29, 0.717) is 17.4 Å². The van der Waals surface area contributed by atoms with Gasteiger partial charge < -0.3 is 26.3 Å². The fraction of sp³-hybridized carbons (Fsp3) is 0.368. The molecule has 6 heteroatoms. The van der Waals surface area contributed by atoms with Gasteiger partial charge in [0.1, 0.15) is 5.75 Å². The molecule has 2 aromatic carbocycles. The van der Waals surface area contributed by atoms with E-state index in [2.05, 4.69) is 17.4 Å². The molecule has 134 valence electrons. The minimum absolute atomic E-state index is 0.462. The van der Waals surface area contributed by atoms with Crippen LogP contribution in [-0.2, 0) is 4.74 Å². The summed E-state index contributed by atoms with van der Waals surface area (Å²) in [5.74, 6) is 0.897. The summed E-state index contributed by atoms with van der Waals surface area (Å²) < 4.78 is 11.3. The molecule has 0 radical (unpaired) electrons. The highest BCUT2D eigenvalue weighted by atomic mass is 32.2. The molecule has 2 aromatic rings. The Morgan fingerprint density at radius 2 is 1.88 bits per heavy atom. The van der Waals surface area contributed by atoms with Crippen LogP contribution in [0.2, 0.25) is 0 Å². The molecular weight excluding hydrogens is 334 g/mol. The van der Waals surface area contributed by atoms with E-state index in [-0.39, 0.29) is 0 Å². The Morgan fingerprint density at radius 3 is 2.60 bits per heavy atom. The number of benzene rings is 2. The Labute approximate surface area is 153 Å². The summed E-state index contributed by atoms with van der Waals surface area (Å²) in [5.41, 5.74) is 12.8. The van der Waals surface area contributed by atoms with Crippen LogP contribution in [0.5, 0.6) is 5.75 Å². The molecule has 0 spiro atoms. The quantitative estimate of drug-likeness (QED) is 0.520. The third-order valence-corrected chi connectivity index (χ3v) is 5.08. The molecule has 1 unspecified atom stereocenters. The Hall–Kier alpha value is -1.89. The van der Waals surface area contributed by atoms with E-state index in [1.165, 1.54) is 0 Å². The monoisotopic (exact) mass is 359 g/mol. The summed E-state index contributed by atoms with van der Waals surface area (Å²) in [4.78, 5) is 2.21. The van der Waals surface area contributed by atoms with Crippen LogP contribution in [-0.4, -0.2) is 32.4 Å². The predicted octanol–water partition coefficient (Wildman–Crippen LogP) is 3.15. The predicted molar refractivity (Wildman–Crippen MR) is 103 cm³/mol. The SMILES string of the molecule is Nc1ccc(Sc2ccc(OCCCC3COCCN3)cc2)cc1N. The normalized spacial score (nSPS) is 17.4. The number of anilines is 2. The standard InChI is InChI=1S/C19H25N3O2S/c20-18-8-7-17(12-19(18)21)25-16-5-3-15(4-6-16)24-10-1-2-14-13-23-11-9-22-14/h3-8,12,14,22H,1-2,9-11,13,20-21H2. The van der Waals surface area contributed by atoms with Gasteiger partial charge in [-0.1, -0.05) is 11.8 Å². The maximum absolute atomic E-state index is 5.85. The molecule has 1 aliphatic rings. The van der Waals surface area contributed by atoms with Gasteiger partial charge in [0.05, 0.1) is 31.2 Å². The van der Waals surface area contributed by atoms with Crippen LogP contribution in [0.25, 0.3) is 0 Å². The highest BCUT2D eigenvalue weighted by Gasteiger charge is 2.12. The molecule has 1 fully saturated rings. The number of nitrogens with one attached hydrogen (secondary N) is 1. The molecule has 5 N–H and O–H groups in total.